The maximum Gasteiger partial charge on any atom is 0.269 e. The van der Waals surface area contributed by atoms with Gasteiger partial charge in [0.1, 0.15) is 11.5 Å². The number of sulfonamides is 1. The third-order valence-electron chi connectivity index (χ3n) is 2.44. The summed E-state index contributed by atoms with van der Waals surface area (Å²) in [7, 11) is -3.67. The standard InChI is InChI=1S/C11H14BrN3O5S/c12-8-5-7(1-2-10(8)16)6-9(15-18)11(17)14-3-4-21(13,19)20/h1-2,5,16,18H,3-4,6H2,(H,14,17)(H2,13,19,20)/b15-9-. The Balaban J connectivity index is 2.66. The van der Waals surface area contributed by atoms with Gasteiger partial charge in [-0.2, -0.15) is 0 Å². The quantitative estimate of drug-likeness (QED) is 0.311. The Bertz CT molecular complexity index is 660. The van der Waals surface area contributed by atoms with Gasteiger partial charge in [-0.15, -0.1) is 0 Å². The van der Waals surface area contributed by atoms with Crippen molar-refractivity contribution in [1.29, 1.82) is 0 Å². The number of carbonyl (C=O) groups excluding carboxylic acids is 1. The van der Waals surface area contributed by atoms with E-state index in [0.29, 0.717) is 10.0 Å². The Morgan fingerprint density at radius 1 is 1.43 bits per heavy atom. The Labute approximate surface area is 129 Å². The highest BCUT2D eigenvalue weighted by Gasteiger charge is 2.14. The number of hydrogen-bond acceptors (Lipinski definition) is 6. The van der Waals surface area contributed by atoms with Crippen LogP contribution in [0.5, 0.6) is 5.75 Å². The summed E-state index contributed by atoms with van der Waals surface area (Å²) in [4.78, 5) is 11.7. The number of benzene rings is 1. The number of amides is 1. The smallest absolute Gasteiger partial charge is 0.269 e. The number of nitrogens with one attached hydrogen (secondary N) is 1. The minimum Gasteiger partial charge on any atom is -0.507 e. The van der Waals surface area contributed by atoms with Crippen molar-refractivity contribution in [2.45, 2.75) is 6.42 Å². The van der Waals surface area contributed by atoms with E-state index in [1.165, 1.54) is 6.07 Å². The summed E-state index contributed by atoms with van der Waals surface area (Å²) in [6.07, 6.45) is 0.0105. The largest absolute Gasteiger partial charge is 0.507 e. The van der Waals surface area contributed by atoms with Crippen LogP contribution in [0.2, 0.25) is 0 Å². The van der Waals surface area contributed by atoms with Crippen LogP contribution in [0.25, 0.3) is 0 Å². The maximum atomic E-state index is 11.7. The Hall–Kier alpha value is -1.65. The van der Waals surface area contributed by atoms with Crippen LogP contribution in [-0.4, -0.2) is 42.6 Å². The Morgan fingerprint density at radius 3 is 2.62 bits per heavy atom. The van der Waals surface area contributed by atoms with Gasteiger partial charge in [0, 0.05) is 13.0 Å². The van der Waals surface area contributed by atoms with Crippen LogP contribution >= 0.6 is 15.9 Å². The molecule has 0 aromatic heterocycles. The second kappa shape index (κ2) is 7.38. The van der Waals surface area contributed by atoms with E-state index in [2.05, 4.69) is 26.4 Å². The topological polar surface area (TPSA) is 142 Å². The van der Waals surface area contributed by atoms with E-state index in [9.17, 15) is 18.3 Å². The molecule has 0 saturated carbocycles. The fourth-order valence-corrected chi connectivity index (χ4v) is 2.24. The highest BCUT2D eigenvalue weighted by atomic mass is 79.9. The first-order chi connectivity index (χ1) is 9.73. The number of nitrogens with zero attached hydrogens (tertiary/aromatic N) is 1. The van der Waals surface area contributed by atoms with E-state index < -0.39 is 21.7 Å². The molecule has 21 heavy (non-hydrogen) atoms. The lowest BCUT2D eigenvalue weighted by Gasteiger charge is -2.07. The summed E-state index contributed by atoms with van der Waals surface area (Å²) < 4.78 is 21.9. The molecule has 0 aliphatic heterocycles. The lowest BCUT2D eigenvalue weighted by molar-refractivity contribution is -0.114. The zero-order chi connectivity index (χ0) is 16.0. The average Bonchev–Trinajstić information content (AvgIpc) is 2.38. The number of halogens is 1. The molecule has 0 radical (unpaired) electrons. The number of rotatable bonds is 6. The van der Waals surface area contributed by atoms with Crippen molar-refractivity contribution in [3.63, 3.8) is 0 Å². The first kappa shape index (κ1) is 17.4. The molecular weight excluding hydrogens is 366 g/mol. The van der Waals surface area contributed by atoms with Gasteiger partial charge in [0.25, 0.3) is 5.91 Å². The van der Waals surface area contributed by atoms with Crippen molar-refractivity contribution in [1.82, 2.24) is 5.32 Å². The van der Waals surface area contributed by atoms with Crippen LogP contribution in [0, 0.1) is 0 Å². The van der Waals surface area contributed by atoms with Crippen molar-refractivity contribution in [3.8, 4) is 5.75 Å². The summed E-state index contributed by atoms with van der Waals surface area (Å²) in [6.45, 7) is -0.185. The van der Waals surface area contributed by atoms with E-state index in [1.807, 2.05) is 0 Å². The number of nitrogens with two attached hydrogens (primary N) is 1. The molecule has 0 aliphatic carbocycles. The number of phenols is 1. The van der Waals surface area contributed by atoms with Gasteiger partial charge in [-0.1, -0.05) is 11.2 Å². The molecule has 10 heteroatoms. The molecule has 0 spiro atoms. The first-order valence-corrected chi connectivity index (χ1v) is 8.21. The number of hydrogen-bond donors (Lipinski definition) is 4. The second-order valence-electron chi connectivity index (χ2n) is 4.13. The van der Waals surface area contributed by atoms with E-state index in [4.69, 9.17) is 10.3 Å². The number of aromatic hydroxyl groups is 1. The van der Waals surface area contributed by atoms with Crippen molar-refractivity contribution < 1.29 is 23.5 Å². The lowest BCUT2D eigenvalue weighted by Crippen LogP contribution is -2.36. The van der Waals surface area contributed by atoms with Crippen molar-refractivity contribution in [3.05, 3.63) is 28.2 Å². The molecule has 8 nitrogen and oxygen atoms in total. The predicted octanol–water partition coefficient (Wildman–Crippen LogP) is -0.0679. The van der Waals surface area contributed by atoms with E-state index in [1.54, 1.807) is 12.1 Å². The van der Waals surface area contributed by atoms with Gasteiger partial charge in [0.05, 0.1) is 10.2 Å². The molecule has 1 aromatic carbocycles. The molecule has 1 rings (SSSR count). The Kier molecular flexibility index (Phi) is 6.12. The van der Waals surface area contributed by atoms with Gasteiger partial charge in [-0.3, -0.25) is 4.79 Å². The van der Waals surface area contributed by atoms with Crippen molar-refractivity contribution >= 4 is 37.6 Å². The zero-order valence-electron chi connectivity index (χ0n) is 10.8. The molecule has 0 fully saturated rings. The van der Waals surface area contributed by atoms with Gasteiger partial charge >= 0.3 is 0 Å². The molecule has 0 bridgehead atoms. The monoisotopic (exact) mass is 379 g/mol. The maximum absolute atomic E-state index is 11.7. The Morgan fingerprint density at radius 2 is 2.10 bits per heavy atom. The third kappa shape index (κ3) is 6.10. The van der Waals surface area contributed by atoms with Crippen LogP contribution in [0.15, 0.2) is 27.8 Å². The molecule has 0 unspecified atom stereocenters. The lowest BCUT2D eigenvalue weighted by atomic mass is 10.1. The fourth-order valence-electron chi connectivity index (χ4n) is 1.42. The summed E-state index contributed by atoms with van der Waals surface area (Å²) >= 11 is 3.13. The highest BCUT2D eigenvalue weighted by molar-refractivity contribution is 9.10. The van der Waals surface area contributed by atoms with E-state index in [0.717, 1.165) is 0 Å². The summed E-state index contributed by atoms with van der Waals surface area (Å²) in [5.74, 6) is -1.08. The molecule has 116 valence electrons. The van der Waals surface area contributed by atoms with Crippen LogP contribution in [0.4, 0.5) is 0 Å². The second-order valence-corrected chi connectivity index (χ2v) is 6.72. The average molecular weight is 380 g/mol. The predicted molar refractivity (Wildman–Crippen MR) is 79.7 cm³/mol. The highest BCUT2D eigenvalue weighted by Crippen LogP contribution is 2.24. The van der Waals surface area contributed by atoms with Gasteiger partial charge in [-0.05, 0) is 33.6 Å². The minimum absolute atomic E-state index is 0.0105. The molecular formula is C11H14BrN3O5S. The van der Waals surface area contributed by atoms with Crippen LogP contribution in [0.3, 0.4) is 0 Å². The van der Waals surface area contributed by atoms with Crippen LogP contribution < -0.4 is 10.5 Å². The van der Waals surface area contributed by atoms with Gasteiger partial charge < -0.3 is 15.6 Å². The molecule has 5 N–H and O–H groups in total. The summed E-state index contributed by atoms with van der Waals surface area (Å²) in [5, 5.41) is 28.2. The molecule has 1 aromatic rings. The minimum atomic E-state index is -3.67. The number of primary sulfonamides is 1. The van der Waals surface area contributed by atoms with Crippen LogP contribution in [0.1, 0.15) is 5.56 Å². The van der Waals surface area contributed by atoms with E-state index in [-0.39, 0.29) is 24.4 Å². The molecule has 0 aliphatic rings. The van der Waals surface area contributed by atoms with Crippen LogP contribution in [-0.2, 0) is 21.2 Å². The summed E-state index contributed by atoms with van der Waals surface area (Å²) in [5.41, 5.74) is 0.427. The molecule has 0 saturated heterocycles. The SMILES string of the molecule is NS(=O)(=O)CCNC(=O)/C(Cc1ccc(O)c(Br)c1)=N\O. The third-order valence-corrected chi connectivity index (χ3v) is 3.85. The molecule has 1 amide bonds. The number of oxime groups is 1. The normalized spacial score (nSPS) is 12.2. The number of phenolic OH excluding ortho intramolecular Hbond substituents is 1. The molecule has 0 atom stereocenters. The summed E-state index contributed by atoms with van der Waals surface area (Å²) in [6, 6.07) is 4.55. The number of carbonyl (C=O) groups is 1. The van der Waals surface area contributed by atoms with E-state index >= 15 is 0 Å². The fraction of sp³-hybridized carbons (Fsp3) is 0.273. The first-order valence-electron chi connectivity index (χ1n) is 5.70. The van der Waals surface area contributed by atoms with Crippen molar-refractivity contribution in [2.75, 3.05) is 12.3 Å². The van der Waals surface area contributed by atoms with Gasteiger partial charge in [0.15, 0.2) is 0 Å². The molecule has 0 heterocycles. The zero-order valence-corrected chi connectivity index (χ0v) is 13.2. The van der Waals surface area contributed by atoms with Gasteiger partial charge in [-0.25, -0.2) is 13.6 Å². The van der Waals surface area contributed by atoms with Gasteiger partial charge in [0.2, 0.25) is 10.0 Å². The van der Waals surface area contributed by atoms with Crippen molar-refractivity contribution in [2.24, 2.45) is 10.3 Å².